The van der Waals surface area contributed by atoms with Gasteiger partial charge in [0.2, 0.25) is 5.91 Å². The van der Waals surface area contributed by atoms with Gasteiger partial charge in [0.1, 0.15) is 0 Å². The molecule has 0 unspecified atom stereocenters. The van der Waals surface area contributed by atoms with Gasteiger partial charge >= 0.3 is 0 Å². The molecule has 0 spiro atoms. The molecule has 64 valence electrons. The Labute approximate surface area is 67.5 Å². The number of carbonyl (C=O) groups is 1. The molecule has 1 rings (SSSR count). The highest BCUT2D eigenvalue weighted by Crippen LogP contribution is 1.99. The Morgan fingerprint density at radius 1 is 1.55 bits per heavy atom. The molecule has 1 heterocycles. The molecule has 0 aromatic carbocycles. The number of hydrogen-bond donors (Lipinski definition) is 2. The molecule has 0 aromatic heterocycles. The van der Waals surface area contributed by atoms with Gasteiger partial charge in [0.05, 0.1) is 6.04 Å². The average molecular weight is 156 g/mol. The van der Waals surface area contributed by atoms with Crippen molar-refractivity contribution < 1.29 is 4.79 Å². The van der Waals surface area contributed by atoms with Crippen molar-refractivity contribution in [3.05, 3.63) is 0 Å². The number of nitrogens with one attached hydrogen (secondary N) is 2. The van der Waals surface area contributed by atoms with Gasteiger partial charge in [-0.3, -0.25) is 4.79 Å². The van der Waals surface area contributed by atoms with Crippen LogP contribution in [0, 0.1) is 5.92 Å². The lowest BCUT2D eigenvalue weighted by atomic mass is 10.2. The number of rotatable bonds is 1. The first-order chi connectivity index (χ1) is 5.24. The molecule has 3 heteroatoms. The van der Waals surface area contributed by atoms with E-state index in [9.17, 15) is 4.79 Å². The van der Waals surface area contributed by atoms with Crippen molar-refractivity contribution in [1.82, 2.24) is 10.6 Å². The van der Waals surface area contributed by atoms with Gasteiger partial charge in [0.25, 0.3) is 0 Å². The third-order valence-electron chi connectivity index (χ3n) is 2.06. The van der Waals surface area contributed by atoms with Crippen molar-refractivity contribution >= 4 is 5.91 Å². The molecule has 11 heavy (non-hydrogen) atoms. The summed E-state index contributed by atoms with van der Waals surface area (Å²) < 4.78 is 0. The normalized spacial score (nSPS) is 32.7. The lowest BCUT2D eigenvalue weighted by molar-refractivity contribution is -0.122. The van der Waals surface area contributed by atoms with Crippen molar-refractivity contribution in [1.29, 1.82) is 0 Å². The molecule has 0 aromatic rings. The molecular weight excluding hydrogens is 140 g/mol. The Hall–Kier alpha value is -0.570. The first kappa shape index (κ1) is 8.53. The van der Waals surface area contributed by atoms with E-state index in [0.717, 1.165) is 19.5 Å². The molecule has 2 N–H and O–H groups in total. The topological polar surface area (TPSA) is 41.1 Å². The largest absolute Gasteiger partial charge is 0.354 e. The van der Waals surface area contributed by atoms with E-state index in [2.05, 4.69) is 17.6 Å². The minimum atomic E-state index is 0.0277. The summed E-state index contributed by atoms with van der Waals surface area (Å²) >= 11 is 0. The maximum atomic E-state index is 11.2. The zero-order valence-corrected chi connectivity index (χ0v) is 7.18. The van der Waals surface area contributed by atoms with E-state index in [-0.39, 0.29) is 11.9 Å². The fourth-order valence-corrected chi connectivity index (χ4v) is 1.24. The van der Waals surface area contributed by atoms with Gasteiger partial charge in [0, 0.05) is 13.1 Å². The number of amides is 1. The number of carbonyl (C=O) groups excluding carboxylic acids is 1. The Morgan fingerprint density at radius 3 is 2.91 bits per heavy atom. The quantitative estimate of drug-likeness (QED) is 0.566. The van der Waals surface area contributed by atoms with Crippen LogP contribution in [0.3, 0.4) is 0 Å². The molecule has 2 atom stereocenters. The first-order valence-corrected chi connectivity index (χ1v) is 4.25. The van der Waals surface area contributed by atoms with E-state index in [1.54, 1.807) is 0 Å². The molecular formula is C8H16N2O. The molecule has 1 fully saturated rings. The van der Waals surface area contributed by atoms with Crippen LogP contribution in [0.25, 0.3) is 0 Å². The van der Waals surface area contributed by atoms with Crippen molar-refractivity contribution in [3.8, 4) is 0 Å². The summed E-state index contributed by atoms with van der Waals surface area (Å²) in [5.41, 5.74) is 0. The molecule has 1 aliphatic rings. The fourth-order valence-electron chi connectivity index (χ4n) is 1.24. The summed E-state index contributed by atoms with van der Waals surface area (Å²) in [4.78, 5) is 11.2. The average Bonchev–Trinajstić information content (AvgIpc) is 2.15. The molecule has 1 saturated heterocycles. The van der Waals surface area contributed by atoms with Crippen molar-refractivity contribution in [2.24, 2.45) is 5.92 Å². The molecule has 0 saturated carbocycles. The zero-order chi connectivity index (χ0) is 8.27. The minimum Gasteiger partial charge on any atom is -0.354 e. The summed E-state index contributed by atoms with van der Waals surface area (Å²) in [6.07, 6.45) is 0.874. The Morgan fingerprint density at radius 2 is 2.27 bits per heavy atom. The predicted molar refractivity (Wildman–Crippen MR) is 44.3 cm³/mol. The lowest BCUT2D eigenvalue weighted by Gasteiger charge is -2.10. The van der Waals surface area contributed by atoms with Crippen LogP contribution in [0.5, 0.6) is 0 Å². The fraction of sp³-hybridized carbons (Fsp3) is 0.875. The molecule has 0 aliphatic carbocycles. The van der Waals surface area contributed by atoms with E-state index in [1.807, 2.05) is 6.92 Å². The maximum Gasteiger partial charge on any atom is 0.237 e. The van der Waals surface area contributed by atoms with Crippen molar-refractivity contribution in [3.63, 3.8) is 0 Å². The summed E-state index contributed by atoms with van der Waals surface area (Å²) in [5.74, 6) is 0.701. The maximum absolute atomic E-state index is 11.2. The highest BCUT2D eigenvalue weighted by molar-refractivity contribution is 5.81. The molecule has 0 radical (unpaired) electrons. The summed E-state index contributed by atoms with van der Waals surface area (Å²) in [6, 6.07) is 0.0277. The van der Waals surface area contributed by atoms with E-state index in [1.165, 1.54) is 0 Å². The van der Waals surface area contributed by atoms with Gasteiger partial charge in [-0.2, -0.15) is 0 Å². The zero-order valence-electron chi connectivity index (χ0n) is 7.18. The third kappa shape index (κ3) is 2.19. The van der Waals surface area contributed by atoms with Crippen LogP contribution in [0.15, 0.2) is 0 Å². The van der Waals surface area contributed by atoms with Crippen LogP contribution in [0.4, 0.5) is 0 Å². The third-order valence-corrected chi connectivity index (χ3v) is 2.06. The summed E-state index contributed by atoms with van der Waals surface area (Å²) in [5, 5.41) is 6.11. The highest BCUT2D eigenvalue weighted by Gasteiger charge is 2.20. The van der Waals surface area contributed by atoms with E-state index < -0.39 is 0 Å². The van der Waals surface area contributed by atoms with Crippen LogP contribution in [0.2, 0.25) is 0 Å². The van der Waals surface area contributed by atoms with Crippen LogP contribution >= 0.6 is 0 Å². The van der Waals surface area contributed by atoms with Gasteiger partial charge in [-0.25, -0.2) is 0 Å². The highest BCUT2D eigenvalue weighted by atomic mass is 16.2. The van der Waals surface area contributed by atoms with Crippen molar-refractivity contribution in [2.75, 3.05) is 13.1 Å². The molecule has 0 bridgehead atoms. The molecule has 3 nitrogen and oxygen atoms in total. The minimum absolute atomic E-state index is 0.0277. The lowest BCUT2D eigenvalue weighted by Crippen LogP contribution is -2.40. The van der Waals surface area contributed by atoms with Crippen molar-refractivity contribution in [2.45, 2.75) is 26.3 Å². The number of hydrogen-bond acceptors (Lipinski definition) is 2. The second kappa shape index (κ2) is 3.72. The predicted octanol–water partition coefficient (Wildman–Crippen LogP) is 0.120. The van der Waals surface area contributed by atoms with E-state index in [4.69, 9.17) is 0 Å². The second-order valence-corrected chi connectivity index (χ2v) is 3.22. The molecule has 1 aliphatic heterocycles. The van der Waals surface area contributed by atoms with Gasteiger partial charge in [-0.05, 0) is 12.3 Å². The summed E-state index contributed by atoms with van der Waals surface area (Å²) in [7, 11) is 0. The van der Waals surface area contributed by atoms with Gasteiger partial charge in [-0.1, -0.05) is 13.8 Å². The van der Waals surface area contributed by atoms with Crippen LogP contribution in [-0.4, -0.2) is 25.0 Å². The summed E-state index contributed by atoms with van der Waals surface area (Å²) in [6.45, 7) is 5.90. The first-order valence-electron chi connectivity index (χ1n) is 4.25. The second-order valence-electron chi connectivity index (χ2n) is 3.22. The Kier molecular flexibility index (Phi) is 2.88. The van der Waals surface area contributed by atoms with Crippen LogP contribution in [0.1, 0.15) is 20.3 Å². The monoisotopic (exact) mass is 156 g/mol. The van der Waals surface area contributed by atoms with Gasteiger partial charge < -0.3 is 10.6 Å². The van der Waals surface area contributed by atoms with Crippen LogP contribution in [-0.2, 0) is 4.79 Å². The Bertz CT molecular complexity index is 147. The van der Waals surface area contributed by atoms with Gasteiger partial charge in [0.15, 0.2) is 0 Å². The van der Waals surface area contributed by atoms with E-state index in [0.29, 0.717) is 5.92 Å². The van der Waals surface area contributed by atoms with Crippen LogP contribution < -0.4 is 10.6 Å². The Balaban J connectivity index is 2.48. The molecule has 1 amide bonds. The SMILES string of the molecule is CC[C@H]1NC[C@@H](C)CNC1=O. The standard InChI is InChI=1S/C8H16N2O/c1-3-7-8(11)10-5-6(2)4-9-7/h6-7,9H,3-5H2,1-2H3,(H,10,11)/t6-,7-/m1/s1. The smallest absolute Gasteiger partial charge is 0.237 e. The van der Waals surface area contributed by atoms with E-state index >= 15 is 0 Å². The van der Waals surface area contributed by atoms with Gasteiger partial charge in [-0.15, -0.1) is 0 Å².